The molecule has 3 heterocycles. The average Bonchev–Trinajstić information content (AvgIpc) is 3.11. The van der Waals surface area contributed by atoms with Gasteiger partial charge in [-0.2, -0.15) is 0 Å². The van der Waals surface area contributed by atoms with Crippen LogP contribution in [-0.4, -0.2) is 34.4 Å². The maximum atomic E-state index is 12.8. The van der Waals surface area contributed by atoms with Crippen molar-refractivity contribution in [2.75, 3.05) is 6.54 Å². The molecule has 0 bridgehead atoms. The predicted octanol–water partition coefficient (Wildman–Crippen LogP) is 3.69. The van der Waals surface area contributed by atoms with E-state index in [-0.39, 0.29) is 18.3 Å². The predicted molar refractivity (Wildman–Crippen MR) is 104 cm³/mol. The van der Waals surface area contributed by atoms with Gasteiger partial charge in [-0.3, -0.25) is 9.59 Å². The van der Waals surface area contributed by atoms with E-state index in [0.29, 0.717) is 6.54 Å². The number of aromatic amines is 1. The van der Waals surface area contributed by atoms with Gasteiger partial charge in [0, 0.05) is 17.4 Å². The number of allylic oxidation sites excluding steroid dienone is 1. The highest BCUT2D eigenvalue weighted by molar-refractivity contribution is 5.89. The first-order valence-electron chi connectivity index (χ1n) is 9.54. The number of rotatable bonds is 2. The molecule has 1 amide bonds. The topological polar surface area (TPSA) is 62.4 Å². The molecular formula is C22H26N2O3. The van der Waals surface area contributed by atoms with Crippen LogP contribution in [0, 0.1) is 5.41 Å². The van der Waals surface area contributed by atoms with Crippen LogP contribution in [-0.2, 0) is 26.3 Å². The summed E-state index contributed by atoms with van der Waals surface area (Å²) < 4.78 is 5.95. The fraction of sp³-hybridized carbons (Fsp3) is 0.455. The number of H-pyrrole nitrogens is 1. The standard InChI is InChI=1S/C22H26N2O3/c1-5-11-22-17(27-20(26)21(2,3)4)13-18(25)24(22)12-10-15-14-8-6-7-9-16(14)23-19(15)22/h5-9,11,17,23H,10,12-13H2,1-4H3/b11-5+/t17-,22-/m1/s1. The molecule has 2 aromatic rings. The van der Waals surface area contributed by atoms with Crippen LogP contribution < -0.4 is 0 Å². The molecule has 1 aromatic carbocycles. The highest BCUT2D eigenvalue weighted by Gasteiger charge is 2.58. The molecule has 2 aliphatic rings. The lowest BCUT2D eigenvalue weighted by molar-refractivity contribution is -0.162. The SMILES string of the molecule is C/C=C/[C@@]12c3[nH]c4ccccc4c3CCN1C(=O)C[C@H]2OC(=O)C(C)(C)C. The normalized spacial score (nSPS) is 25.1. The summed E-state index contributed by atoms with van der Waals surface area (Å²) in [4.78, 5) is 30.9. The summed E-state index contributed by atoms with van der Waals surface area (Å²) in [7, 11) is 0. The van der Waals surface area contributed by atoms with Crippen molar-refractivity contribution in [2.24, 2.45) is 5.41 Å². The van der Waals surface area contributed by atoms with Crippen LogP contribution in [0.5, 0.6) is 0 Å². The zero-order valence-corrected chi connectivity index (χ0v) is 16.3. The van der Waals surface area contributed by atoms with E-state index in [9.17, 15) is 9.59 Å². The van der Waals surface area contributed by atoms with E-state index in [1.807, 2.05) is 62.9 Å². The van der Waals surface area contributed by atoms with E-state index >= 15 is 0 Å². The van der Waals surface area contributed by atoms with E-state index in [0.717, 1.165) is 17.6 Å². The molecule has 2 atom stereocenters. The van der Waals surface area contributed by atoms with Gasteiger partial charge >= 0.3 is 5.97 Å². The molecule has 1 saturated heterocycles. The fourth-order valence-corrected chi connectivity index (χ4v) is 4.41. The van der Waals surface area contributed by atoms with Gasteiger partial charge in [-0.25, -0.2) is 0 Å². The van der Waals surface area contributed by atoms with Gasteiger partial charge in [0.05, 0.1) is 17.5 Å². The zero-order valence-electron chi connectivity index (χ0n) is 16.3. The highest BCUT2D eigenvalue weighted by Crippen LogP contribution is 2.48. The molecule has 142 valence electrons. The first-order chi connectivity index (χ1) is 12.8. The fourth-order valence-electron chi connectivity index (χ4n) is 4.41. The van der Waals surface area contributed by atoms with Crippen molar-refractivity contribution in [2.45, 2.75) is 52.2 Å². The molecule has 0 spiro atoms. The summed E-state index contributed by atoms with van der Waals surface area (Å²) in [6, 6.07) is 8.19. The first kappa shape index (κ1) is 17.8. The largest absolute Gasteiger partial charge is 0.458 e. The minimum absolute atomic E-state index is 0.0316. The van der Waals surface area contributed by atoms with Crippen molar-refractivity contribution in [3.8, 4) is 0 Å². The quantitative estimate of drug-likeness (QED) is 0.651. The number of ether oxygens (including phenoxy) is 1. The van der Waals surface area contributed by atoms with E-state index in [1.165, 1.54) is 10.9 Å². The van der Waals surface area contributed by atoms with Gasteiger partial charge < -0.3 is 14.6 Å². The molecule has 5 nitrogen and oxygen atoms in total. The highest BCUT2D eigenvalue weighted by atomic mass is 16.5. The second-order valence-corrected chi connectivity index (χ2v) is 8.49. The number of fused-ring (bicyclic) bond motifs is 5. The third-order valence-electron chi connectivity index (χ3n) is 5.68. The number of esters is 1. The van der Waals surface area contributed by atoms with E-state index in [1.54, 1.807) is 0 Å². The molecule has 0 unspecified atom stereocenters. The number of nitrogens with one attached hydrogen (secondary N) is 1. The summed E-state index contributed by atoms with van der Waals surface area (Å²) >= 11 is 0. The summed E-state index contributed by atoms with van der Waals surface area (Å²) in [5.74, 6) is -0.252. The lowest BCUT2D eigenvalue weighted by Gasteiger charge is -2.43. The van der Waals surface area contributed by atoms with Crippen LogP contribution >= 0.6 is 0 Å². The zero-order chi connectivity index (χ0) is 19.4. The van der Waals surface area contributed by atoms with Crippen LogP contribution in [0.25, 0.3) is 10.9 Å². The smallest absolute Gasteiger partial charge is 0.311 e. The van der Waals surface area contributed by atoms with Gasteiger partial charge in [-0.05, 0) is 45.7 Å². The van der Waals surface area contributed by atoms with Gasteiger partial charge in [0.2, 0.25) is 5.91 Å². The van der Waals surface area contributed by atoms with Crippen molar-refractivity contribution in [1.29, 1.82) is 0 Å². The molecular weight excluding hydrogens is 340 g/mol. The summed E-state index contributed by atoms with van der Waals surface area (Å²) in [6.07, 6.45) is 4.43. The second kappa shape index (κ2) is 5.98. The average molecular weight is 366 g/mol. The third kappa shape index (κ3) is 2.52. The van der Waals surface area contributed by atoms with E-state index in [4.69, 9.17) is 4.74 Å². The number of amides is 1. The number of carbonyl (C=O) groups excluding carboxylic acids is 2. The molecule has 27 heavy (non-hydrogen) atoms. The van der Waals surface area contributed by atoms with Crippen LogP contribution in [0.4, 0.5) is 0 Å². The third-order valence-corrected chi connectivity index (χ3v) is 5.68. The van der Waals surface area contributed by atoms with Crippen LogP contribution in [0.2, 0.25) is 0 Å². The Bertz CT molecular complexity index is 950. The first-order valence-corrected chi connectivity index (χ1v) is 9.54. The maximum absolute atomic E-state index is 12.8. The minimum atomic E-state index is -0.765. The second-order valence-electron chi connectivity index (χ2n) is 8.49. The number of aromatic nitrogens is 1. The molecule has 2 aliphatic heterocycles. The monoisotopic (exact) mass is 366 g/mol. The molecule has 4 rings (SSSR count). The molecule has 1 aromatic heterocycles. The van der Waals surface area contributed by atoms with Gasteiger partial charge in [0.15, 0.2) is 0 Å². The van der Waals surface area contributed by atoms with Gasteiger partial charge in [-0.15, -0.1) is 0 Å². The number of para-hydroxylation sites is 1. The van der Waals surface area contributed by atoms with Crippen molar-refractivity contribution >= 4 is 22.8 Å². The Morgan fingerprint density at radius 2 is 2.07 bits per heavy atom. The lowest BCUT2D eigenvalue weighted by Crippen LogP contribution is -2.53. The summed E-state index contributed by atoms with van der Waals surface area (Å²) in [5, 5.41) is 1.18. The molecule has 1 fully saturated rings. The van der Waals surface area contributed by atoms with Gasteiger partial charge in [0.1, 0.15) is 11.6 Å². The van der Waals surface area contributed by atoms with Crippen molar-refractivity contribution in [1.82, 2.24) is 9.88 Å². The van der Waals surface area contributed by atoms with Crippen molar-refractivity contribution in [3.63, 3.8) is 0 Å². The number of carbonyl (C=O) groups is 2. The molecule has 1 N–H and O–H groups in total. The van der Waals surface area contributed by atoms with E-state index < -0.39 is 17.1 Å². The number of nitrogens with zero attached hydrogens (tertiary/aromatic N) is 1. The maximum Gasteiger partial charge on any atom is 0.311 e. The van der Waals surface area contributed by atoms with Crippen LogP contribution in [0.1, 0.15) is 45.4 Å². The Morgan fingerprint density at radius 1 is 1.33 bits per heavy atom. The Labute approximate surface area is 159 Å². The molecule has 0 aliphatic carbocycles. The molecule has 0 radical (unpaired) electrons. The lowest BCUT2D eigenvalue weighted by atomic mass is 9.82. The van der Waals surface area contributed by atoms with Crippen molar-refractivity contribution < 1.29 is 14.3 Å². The number of hydrogen-bond acceptors (Lipinski definition) is 3. The number of benzene rings is 1. The Kier molecular flexibility index (Phi) is 3.95. The Balaban J connectivity index is 1.90. The number of hydrogen-bond donors (Lipinski definition) is 1. The Hall–Kier alpha value is -2.56. The van der Waals surface area contributed by atoms with E-state index in [2.05, 4.69) is 11.1 Å². The molecule has 5 heteroatoms. The van der Waals surface area contributed by atoms with Gasteiger partial charge in [0.25, 0.3) is 0 Å². The van der Waals surface area contributed by atoms with Crippen LogP contribution in [0.15, 0.2) is 36.4 Å². The van der Waals surface area contributed by atoms with Crippen LogP contribution in [0.3, 0.4) is 0 Å². The summed E-state index contributed by atoms with van der Waals surface area (Å²) in [6.45, 7) is 8.07. The molecule has 0 saturated carbocycles. The summed E-state index contributed by atoms with van der Waals surface area (Å²) in [5.41, 5.74) is 1.86. The Morgan fingerprint density at radius 3 is 2.78 bits per heavy atom. The van der Waals surface area contributed by atoms with Crippen molar-refractivity contribution in [3.05, 3.63) is 47.7 Å². The minimum Gasteiger partial charge on any atom is -0.458 e. The van der Waals surface area contributed by atoms with Gasteiger partial charge in [-0.1, -0.05) is 30.4 Å².